The molecule has 1 N–H and O–H groups in total. The lowest BCUT2D eigenvalue weighted by Crippen LogP contribution is -2.59. The summed E-state index contributed by atoms with van der Waals surface area (Å²) in [5, 5.41) is 2.67. The fourth-order valence-electron chi connectivity index (χ4n) is 3.23. The molecule has 1 atom stereocenters. The molecule has 0 spiro atoms. The zero-order chi connectivity index (χ0) is 13.0. The van der Waals surface area contributed by atoms with Crippen LogP contribution in [0.3, 0.4) is 0 Å². The van der Waals surface area contributed by atoms with E-state index in [1.807, 2.05) is 11.8 Å². The predicted octanol–water partition coefficient (Wildman–Crippen LogP) is 1.16. The Morgan fingerprint density at radius 2 is 1.76 bits per heavy atom. The second kappa shape index (κ2) is 3.47. The van der Waals surface area contributed by atoms with Gasteiger partial charge in [-0.1, -0.05) is 34.6 Å². The van der Waals surface area contributed by atoms with E-state index in [0.717, 1.165) is 0 Å². The highest BCUT2D eigenvalue weighted by Gasteiger charge is 2.69. The summed E-state index contributed by atoms with van der Waals surface area (Å²) in [7, 11) is 0. The average molecular weight is 238 g/mol. The van der Waals surface area contributed by atoms with Crippen molar-refractivity contribution in [1.29, 1.82) is 0 Å². The lowest BCUT2D eigenvalue weighted by Gasteiger charge is -2.36. The summed E-state index contributed by atoms with van der Waals surface area (Å²) in [4.78, 5) is 25.7. The van der Waals surface area contributed by atoms with Gasteiger partial charge >= 0.3 is 0 Å². The monoisotopic (exact) mass is 238 g/mol. The number of piperazine rings is 1. The lowest BCUT2D eigenvalue weighted by molar-refractivity contribution is -0.147. The van der Waals surface area contributed by atoms with Crippen LogP contribution in [-0.4, -0.2) is 35.3 Å². The molecule has 0 aromatic rings. The Kier molecular flexibility index (Phi) is 2.53. The van der Waals surface area contributed by atoms with Crippen molar-refractivity contribution < 1.29 is 9.59 Å². The zero-order valence-electron chi connectivity index (χ0n) is 11.3. The lowest BCUT2D eigenvalue weighted by atomic mass is 10.0. The molecule has 2 fully saturated rings. The second-order valence-corrected chi connectivity index (χ2v) is 6.29. The largest absolute Gasteiger partial charge is 0.345 e. The summed E-state index contributed by atoms with van der Waals surface area (Å²) in [6, 6.07) is -0.110. The molecule has 1 saturated heterocycles. The van der Waals surface area contributed by atoms with E-state index in [9.17, 15) is 9.59 Å². The summed E-state index contributed by atoms with van der Waals surface area (Å²) in [5.41, 5.74) is 0.182. The molecule has 1 saturated carbocycles. The van der Waals surface area contributed by atoms with E-state index >= 15 is 0 Å². The minimum Gasteiger partial charge on any atom is -0.345 e. The zero-order valence-corrected chi connectivity index (χ0v) is 11.3. The van der Waals surface area contributed by atoms with Gasteiger partial charge in [0.05, 0.1) is 6.54 Å². The normalized spacial score (nSPS) is 31.4. The summed E-state index contributed by atoms with van der Waals surface area (Å²) < 4.78 is 0. The van der Waals surface area contributed by atoms with Gasteiger partial charge in [-0.15, -0.1) is 0 Å². The van der Waals surface area contributed by atoms with Crippen LogP contribution in [0.4, 0.5) is 0 Å². The van der Waals surface area contributed by atoms with Gasteiger partial charge in [-0.25, -0.2) is 0 Å². The first-order chi connectivity index (χ1) is 7.75. The number of hydrogen-bond donors (Lipinski definition) is 1. The molecule has 96 valence electrons. The number of carbonyl (C=O) groups is 2. The van der Waals surface area contributed by atoms with Crippen molar-refractivity contribution in [2.45, 2.75) is 53.1 Å². The molecule has 2 aliphatic rings. The summed E-state index contributed by atoms with van der Waals surface area (Å²) in [5.74, 6) is 0.0469. The van der Waals surface area contributed by atoms with Crippen LogP contribution >= 0.6 is 0 Å². The van der Waals surface area contributed by atoms with Crippen LogP contribution < -0.4 is 5.32 Å². The van der Waals surface area contributed by atoms with Gasteiger partial charge in [0.1, 0.15) is 6.04 Å². The highest BCUT2D eigenvalue weighted by Crippen LogP contribution is 2.65. The Labute approximate surface area is 103 Å². The minimum absolute atomic E-state index is 0.00870. The van der Waals surface area contributed by atoms with Crippen LogP contribution in [0.1, 0.15) is 41.0 Å². The number of carbonyl (C=O) groups excluding carboxylic acids is 2. The molecule has 0 bridgehead atoms. The van der Waals surface area contributed by atoms with Crippen LogP contribution in [0.5, 0.6) is 0 Å². The number of rotatable bonds is 2. The summed E-state index contributed by atoms with van der Waals surface area (Å²) in [6.45, 7) is 10.8. The fourth-order valence-corrected chi connectivity index (χ4v) is 3.23. The first-order valence-electron chi connectivity index (χ1n) is 6.34. The standard InChI is InChI=1S/C13H22N2O2/c1-6-8-10(17)14-7-9(16)15(8)11-12(2,3)13(11,4)5/h8,11H,6-7H2,1-5H3,(H,14,17). The molecule has 1 heterocycles. The van der Waals surface area contributed by atoms with Crippen LogP contribution in [-0.2, 0) is 9.59 Å². The van der Waals surface area contributed by atoms with Crippen molar-refractivity contribution in [3.63, 3.8) is 0 Å². The molecule has 2 rings (SSSR count). The molecular formula is C13H22N2O2. The molecule has 1 aliphatic heterocycles. The SMILES string of the molecule is CCC1C(=O)NCC(=O)N1C1C(C)(C)C1(C)C. The highest BCUT2D eigenvalue weighted by atomic mass is 16.2. The molecule has 0 aromatic carbocycles. The van der Waals surface area contributed by atoms with Gasteiger partial charge < -0.3 is 10.2 Å². The Hall–Kier alpha value is -1.06. The van der Waals surface area contributed by atoms with Crippen molar-refractivity contribution in [2.75, 3.05) is 6.54 Å². The fraction of sp³-hybridized carbons (Fsp3) is 0.846. The Balaban J connectivity index is 2.30. The van der Waals surface area contributed by atoms with Gasteiger partial charge in [0.25, 0.3) is 0 Å². The van der Waals surface area contributed by atoms with Crippen LogP contribution in [0.15, 0.2) is 0 Å². The summed E-state index contributed by atoms with van der Waals surface area (Å²) in [6.07, 6.45) is 0.681. The third-order valence-electron chi connectivity index (χ3n) is 4.95. The van der Waals surface area contributed by atoms with Crippen molar-refractivity contribution in [3.8, 4) is 0 Å². The van der Waals surface area contributed by atoms with Crippen molar-refractivity contribution in [3.05, 3.63) is 0 Å². The quantitative estimate of drug-likeness (QED) is 0.784. The van der Waals surface area contributed by atoms with Gasteiger partial charge in [-0.3, -0.25) is 9.59 Å². The van der Waals surface area contributed by atoms with E-state index < -0.39 is 0 Å². The number of nitrogens with one attached hydrogen (secondary N) is 1. The van der Waals surface area contributed by atoms with Crippen molar-refractivity contribution in [2.24, 2.45) is 10.8 Å². The van der Waals surface area contributed by atoms with Gasteiger partial charge in [0, 0.05) is 6.04 Å². The summed E-state index contributed by atoms with van der Waals surface area (Å²) >= 11 is 0. The van der Waals surface area contributed by atoms with Crippen molar-refractivity contribution >= 4 is 11.8 Å². The Bertz CT molecular complexity index is 360. The molecule has 1 unspecified atom stereocenters. The van der Waals surface area contributed by atoms with Crippen LogP contribution in [0, 0.1) is 10.8 Å². The molecule has 2 amide bonds. The molecule has 4 heteroatoms. The number of nitrogens with zero attached hydrogens (tertiary/aromatic N) is 1. The topological polar surface area (TPSA) is 49.4 Å². The van der Waals surface area contributed by atoms with E-state index in [0.29, 0.717) is 6.42 Å². The average Bonchev–Trinajstić information content (AvgIpc) is 2.62. The molecule has 0 aromatic heterocycles. The molecule has 1 aliphatic carbocycles. The highest BCUT2D eigenvalue weighted by molar-refractivity contribution is 5.95. The third-order valence-corrected chi connectivity index (χ3v) is 4.95. The second-order valence-electron chi connectivity index (χ2n) is 6.29. The van der Waals surface area contributed by atoms with E-state index in [4.69, 9.17) is 0 Å². The molecule has 0 radical (unpaired) electrons. The van der Waals surface area contributed by atoms with Gasteiger partial charge in [-0.05, 0) is 17.3 Å². The maximum atomic E-state index is 12.1. The van der Waals surface area contributed by atoms with Gasteiger partial charge in [-0.2, -0.15) is 0 Å². The Morgan fingerprint density at radius 3 is 2.18 bits per heavy atom. The van der Waals surface area contributed by atoms with E-state index in [1.54, 1.807) is 0 Å². The number of amides is 2. The van der Waals surface area contributed by atoms with Crippen LogP contribution in [0.2, 0.25) is 0 Å². The van der Waals surface area contributed by atoms with E-state index in [2.05, 4.69) is 33.0 Å². The van der Waals surface area contributed by atoms with Crippen LogP contribution in [0.25, 0.3) is 0 Å². The minimum atomic E-state index is -0.290. The Morgan fingerprint density at radius 1 is 1.24 bits per heavy atom. The van der Waals surface area contributed by atoms with E-state index in [1.165, 1.54) is 0 Å². The predicted molar refractivity (Wildman–Crippen MR) is 65.3 cm³/mol. The molecule has 17 heavy (non-hydrogen) atoms. The molecular weight excluding hydrogens is 216 g/mol. The van der Waals surface area contributed by atoms with E-state index in [-0.39, 0.29) is 41.3 Å². The maximum Gasteiger partial charge on any atom is 0.243 e. The van der Waals surface area contributed by atoms with Gasteiger partial charge in [0.15, 0.2) is 0 Å². The maximum absolute atomic E-state index is 12.1. The van der Waals surface area contributed by atoms with Crippen molar-refractivity contribution in [1.82, 2.24) is 10.2 Å². The third kappa shape index (κ3) is 1.49. The smallest absolute Gasteiger partial charge is 0.243 e. The number of hydrogen-bond acceptors (Lipinski definition) is 2. The first kappa shape index (κ1) is 12.4. The molecule has 4 nitrogen and oxygen atoms in total. The van der Waals surface area contributed by atoms with Gasteiger partial charge in [0.2, 0.25) is 11.8 Å². The first-order valence-corrected chi connectivity index (χ1v) is 6.34.